The Hall–Kier alpha value is -1.87. The lowest BCUT2D eigenvalue weighted by Gasteiger charge is -2.34. The SMILES string of the molecule is O=C(Nc1ccc(Cl)c(Cl)c1)N1CCN(S(=O)(=O)c2cccc(F)c2)CC1. The van der Waals surface area contributed by atoms with Crippen LogP contribution in [0.2, 0.25) is 10.0 Å². The van der Waals surface area contributed by atoms with Gasteiger partial charge in [0, 0.05) is 31.9 Å². The molecule has 0 atom stereocenters. The van der Waals surface area contributed by atoms with E-state index in [1.807, 2.05) is 0 Å². The van der Waals surface area contributed by atoms with Crippen LogP contribution in [0, 0.1) is 5.82 Å². The summed E-state index contributed by atoms with van der Waals surface area (Å²) in [6, 6.07) is 9.23. The van der Waals surface area contributed by atoms with Crippen LogP contribution in [-0.4, -0.2) is 49.8 Å². The molecule has 6 nitrogen and oxygen atoms in total. The zero-order chi connectivity index (χ0) is 19.6. The molecule has 27 heavy (non-hydrogen) atoms. The van der Waals surface area contributed by atoms with Crippen LogP contribution < -0.4 is 5.32 Å². The maximum atomic E-state index is 13.3. The zero-order valence-corrected chi connectivity index (χ0v) is 16.4. The van der Waals surface area contributed by atoms with Crippen LogP contribution in [0.4, 0.5) is 14.9 Å². The number of nitrogens with zero attached hydrogens (tertiary/aromatic N) is 2. The molecule has 1 aliphatic rings. The maximum Gasteiger partial charge on any atom is 0.321 e. The largest absolute Gasteiger partial charge is 0.322 e. The number of nitrogens with one attached hydrogen (secondary N) is 1. The monoisotopic (exact) mass is 431 g/mol. The van der Waals surface area contributed by atoms with Gasteiger partial charge in [-0.15, -0.1) is 0 Å². The quantitative estimate of drug-likeness (QED) is 0.805. The Morgan fingerprint density at radius 1 is 1.00 bits per heavy atom. The second-order valence-electron chi connectivity index (χ2n) is 5.91. The number of hydrogen-bond acceptors (Lipinski definition) is 3. The molecule has 2 amide bonds. The molecule has 0 aromatic heterocycles. The number of anilines is 1. The summed E-state index contributed by atoms with van der Waals surface area (Å²) in [7, 11) is -3.80. The first-order chi connectivity index (χ1) is 12.8. The highest BCUT2D eigenvalue weighted by molar-refractivity contribution is 7.89. The van der Waals surface area contributed by atoms with E-state index < -0.39 is 15.8 Å². The van der Waals surface area contributed by atoms with Gasteiger partial charge in [-0.3, -0.25) is 0 Å². The second kappa shape index (κ2) is 8.02. The standard InChI is InChI=1S/C17H16Cl2FN3O3S/c18-15-5-4-13(11-16(15)19)21-17(24)22-6-8-23(9-7-22)27(25,26)14-3-1-2-12(20)10-14/h1-5,10-11H,6-9H2,(H,21,24). The minimum atomic E-state index is -3.80. The van der Waals surface area contributed by atoms with E-state index in [0.717, 1.165) is 6.07 Å². The lowest BCUT2D eigenvalue weighted by molar-refractivity contribution is 0.184. The lowest BCUT2D eigenvalue weighted by atomic mass is 10.3. The first kappa shape index (κ1) is 19.9. The number of hydrogen-bond donors (Lipinski definition) is 1. The Kier molecular flexibility index (Phi) is 5.90. The molecule has 0 bridgehead atoms. The fourth-order valence-corrected chi connectivity index (χ4v) is 4.44. The van der Waals surface area contributed by atoms with Gasteiger partial charge in [0.2, 0.25) is 10.0 Å². The molecule has 1 aliphatic heterocycles. The number of halogens is 3. The zero-order valence-electron chi connectivity index (χ0n) is 14.0. The van der Waals surface area contributed by atoms with Gasteiger partial charge in [0.1, 0.15) is 5.82 Å². The van der Waals surface area contributed by atoms with Gasteiger partial charge in [0.05, 0.1) is 14.9 Å². The Bertz CT molecular complexity index is 964. The molecule has 0 aliphatic carbocycles. The van der Waals surface area contributed by atoms with Crippen LogP contribution in [0.3, 0.4) is 0 Å². The summed E-state index contributed by atoms with van der Waals surface area (Å²) in [5.41, 5.74) is 0.490. The first-order valence-corrected chi connectivity index (χ1v) is 10.2. The molecule has 0 spiro atoms. The molecule has 0 saturated carbocycles. The van der Waals surface area contributed by atoms with E-state index in [-0.39, 0.29) is 37.1 Å². The summed E-state index contributed by atoms with van der Waals surface area (Å²) in [6.07, 6.45) is 0. The highest BCUT2D eigenvalue weighted by Crippen LogP contribution is 2.25. The minimum Gasteiger partial charge on any atom is -0.322 e. The summed E-state index contributed by atoms with van der Waals surface area (Å²) in [5, 5.41) is 3.40. The molecule has 2 aromatic rings. The van der Waals surface area contributed by atoms with Crippen molar-refractivity contribution in [1.82, 2.24) is 9.21 Å². The van der Waals surface area contributed by atoms with Crippen molar-refractivity contribution in [2.24, 2.45) is 0 Å². The van der Waals surface area contributed by atoms with Gasteiger partial charge in [-0.1, -0.05) is 29.3 Å². The fourth-order valence-electron chi connectivity index (χ4n) is 2.68. The van der Waals surface area contributed by atoms with Gasteiger partial charge in [0.15, 0.2) is 0 Å². The van der Waals surface area contributed by atoms with Gasteiger partial charge in [-0.2, -0.15) is 4.31 Å². The third-order valence-corrected chi connectivity index (χ3v) is 6.76. The number of rotatable bonds is 3. The average Bonchev–Trinajstić information content (AvgIpc) is 2.65. The number of carbonyl (C=O) groups excluding carboxylic acids is 1. The number of urea groups is 1. The molecule has 1 fully saturated rings. The predicted molar refractivity (Wildman–Crippen MR) is 102 cm³/mol. The van der Waals surface area contributed by atoms with Crippen molar-refractivity contribution in [3.05, 3.63) is 58.3 Å². The average molecular weight is 432 g/mol. The van der Waals surface area contributed by atoms with E-state index in [9.17, 15) is 17.6 Å². The Labute approximate surface area is 166 Å². The third kappa shape index (κ3) is 4.52. The van der Waals surface area contributed by atoms with Crippen LogP contribution in [0.15, 0.2) is 47.4 Å². The highest BCUT2D eigenvalue weighted by Gasteiger charge is 2.30. The van der Waals surface area contributed by atoms with Crippen LogP contribution in [0.25, 0.3) is 0 Å². The van der Waals surface area contributed by atoms with E-state index in [2.05, 4.69) is 5.32 Å². The lowest BCUT2D eigenvalue weighted by Crippen LogP contribution is -2.51. The minimum absolute atomic E-state index is 0.101. The van der Waals surface area contributed by atoms with Gasteiger partial charge >= 0.3 is 6.03 Å². The summed E-state index contributed by atoms with van der Waals surface area (Å²) < 4.78 is 39.8. The Balaban J connectivity index is 1.62. The molecule has 1 heterocycles. The number of benzene rings is 2. The van der Waals surface area contributed by atoms with Gasteiger partial charge in [-0.05, 0) is 36.4 Å². The van der Waals surface area contributed by atoms with Gasteiger partial charge in [0.25, 0.3) is 0 Å². The molecule has 0 unspecified atom stereocenters. The van der Waals surface area contributed by atoms with Crippen molar-refractivity contribution in [3.8, 4) is 0 Å². The topological polar surface area (TPSA) is 69.7 Å². The molecule has 3 rings (SSSR count). The summed E-state index contributed by atoms with van der Waals surface area (Å²) in [6.45, 7) is 0.657. The molecule has 0 radical (unpaired) electrons. The van der Waals surface area contributed by atoms with Crippen LogP contribution >= 0.6 is 23.2 Å². The molecule has 1 saturated heterocycles. The van der Waals surface area contributed by atoms with Gasteiger partial charge in [-0.25, -0.2) is 17.6 Å². The maximum absolute atomic E-state index is 13.3. The van der Waals surface area contributed by atoms with Crippen molar-refractivity contribution in [1.29, 1.82) is 0 Å². The van der Waals surface area contributed by atoms with Crippen molar-refractivity contribution in [3.63, 3.8) is 0 Å². The van der Waals surface area contributed by atoms with E-state index in [4.69, 9.17) is 23.2 Å². The second-order valence-corrected chi connectivity index (χ2v) is 8.66. The third-order valence-electron chi connectivity index (χ3n) is 4.13. The molecular formula is C17H16Cl2FN3O3S. The fraction of sp³-hybridized carbons (Fsp3) is 0.235. The summed E-state index contributed by atoms with van der Waals surface area (Å²) in [5.74, 6) is -0.615. The van der Waals surface area contributed by atoms with E-state index in [0.29, 0.717) is 15.7 Å². The summed E-state index contributed by atoms with van der Waals surface area (Å²) in [4.78, 5) is 13.8. The van der Waals surface area contributed by atoms with Crippen molar-refractivity contribution >= 4 is 44.9 Å². The smallest absolute Gasteiger partial charge is 0.321 e. The molecular weight excluding hydrogens is 416 g/mol. The van der Waals surface area contributed by atoms with Crippen molar-refractivity contribution < 1.29 is 17.6 Å². The van der Waals surface area contributed by atoms with E-state index in [1.54, 1.807) is 12.1 Å². The van der Waals surface area contributed by atoms with Crippen LogP contribution in [0.5, 0.6) is 0 Å². The Morgan fingerprint density at radius 3 is 2.33 bits per heavy atom. The van der Waals surface area contributed by atoms with Gasteiger partial charge < -0.3 is 10.2 Å². The molecule has 10 heteroatoms. The molecule has 2 aromatic carbocycles. The summed E-state index contributed by atoms with van der Waals surface area (Å²) >= 11 is 11.8. The Morgan fingerprint density at radius 2 is 1.70 bits per heavy atom. The first-order valence-electron chi connectivity index (χ1n) is 8.04. The highest BCUT2D eigenvalue weighted by atomic mass is 35.5. The predicted octanol–water partition coefficient (Wildman–Crippen LogP) is 3.67. The number of piperazine rings is 1. The normalized spacial score (nSPS) is 15.6. The molecule has 144 valence electrons. The molecule has 1 N–H and O–H groups in total. The van der Waals surface area contributed by atoms with E-state index >= 15 is 0 Å². The number of sulfonamides is 1. The van der Waals surface area contributed by atoms with Crippen LogP contribution in [0.1, 0.15) is 0 Å². The van der Waals surface area contributed by atoms with Crippen molar-refractivity contribution in [2.45, 2.75) is 4.90 Å². The number of carbonyl (C=O) groups is 1. The van der Waals surface area contributed by atoms with E-state index in [1.165, 1.54) is 33.5 Å². The van der Waals surface area contributed by atoms with Crippen molar-refractivity contribution in [2.75, 3.05) is 31.5 Å². The van der Waals surface area contributed by atoms with Crippen LogP contribution in [-0.2, 0) is 10.0 Å². The number of amides is 2.